The quantitative estimate of drug-likeness (QED) is 0.614. The highest BCUT2D eigenvalue weighted by Gasteiger charge is 2.23. The van der Waals surface area contributed by atoms with Crippen molar-refractivity contribution in [3.05, 3.63) is 39.9 Å². The number of hydroxylamine groups is 2. The van der Waals surface area contributed by atoms with Crippen molar-refractivity contribution in [1.82, 2.24) is 5.06 Å². The van der Waals surface area contributed by atoms with Crippen LogP contribution in [0.2, 0.25) is 0 Å². The lowest BCUT2D eigenvalue weighted by Crippen LogP contribution is -2.35. The first-order chi connectivity index (χ1) is 9.60. The third kappa shape index (κ3) is 5.09. The van der Waals surface area contributed by atoms with E-state index >= 15 is 0 Å². The maximum absolute atomic E-state index is 11.8. The molecule has 1 aromatic rings. The van der Waals surface area contributed by atoms with Crippen LogP contribution in [0.25, 0.3) is 0 Å². The molecule has 8 heteroatoms. The molecule has 8 nitrogen and oxygen atoms in total. The maximum atomic E-state index is 11.8. The van der Waals surface area contributed by atoms with E-state index in [4.69, 9.17) is 9.57 Å². The molecule has 0 atom stereocenters. The number of amides is 1. The van der Waals surface area contributed by atoms with Crippen LogP contribution in [0.5, 0.6) is 0 Å². The molecule has 0 bridgehead atoms. The molecule has 0 aromatic heterocycles. The summed E-state index contributed by atoms with van der Waals surface area (Å²) in [6.07, 6.45) is -0.846. The smallest absolute Gasteiger partial charge is 0.442 e. The monoisotopic (exact) mass is 296 g/mol. The molecule has 0 N–H and O–H groups in total. The van der Waals surface area contributed by atoms with Crippen molar-refractivity contribution in [3.63, 3.8) is 0 Å². The van der Waals surface area contributed by atoms with Gasteiger partial charge in [-0.25, -0.2) is 9.59 Å². The zero-order valence-corrected chi connectivity index (χ0v) is 12.2. The molecule has 1 amide bonds. The summed E-state index contributed by atoms with van der Waals surface area (Å²) in [7, 11) is 1.21. The predicted molar refractivity (Wildman–Crippen MR) is 72.5 cm³/mol. The first-order valence-corrected chi connectivity index (χ1v) is 6.03. The summed E-state index contributed by atoms with van der Waals surface area (Å²) < 4.78 is 5.00. The lowest BCUT2D eigenvalue weighted by molar-refractivity contribution is -0.384. The van der Waals surface area contributed by atoms with E-state index in [1.54, 1.807) is 20.8 Å². The number of nitro benzene ring substituents is 1. The minimum absolute atomic E-state index is 0.0420. The van der Waals surface area contributed by atoms with Crippen molar-refractivity contribution in [2.75, 3.05) is 7.05 Å². The van der Waals surface area contributed by atoms with Crippen LogP contribution < -0.4 is 0 Å². The average Bonchev–Trinajstić information content (AvgIpc) is 2.36. The summed E-state index contributed by atoms with van der Waals surface area (Å²) in [6, 6.07) is 5.00. The number of hydrogen-bond acceptors (Lipinski definition) is 6. The summed E-state index contributed by atoms with van der Waals surface area (Å²) in [6.45, 7) is 5.00. The van der Waals surface area contributed by atoms with Crippen LogP contribution >= 0.6 is 0 Å². The summed E-state index contributed by atoms with van der Waals surface area (Å²) in [5.41, 5.74) is -1.02. The van der Waals surface area contributed by atoms with Gasteiger partial charge in [0.2, 0.25) is 0 Å². The number of rotatable bonds is 2. The molecule has 0 aliphatic carbocycles. The summed E-state index contributed by atoms with van der Waals surface area (Å²) >= 11 is 0. The van der Waals surface area contributed by atoms with E-state index in [1.807, 2.05) is 0 Å². The Hall–Kier alpha value is -2.64. The minimum Gasteiger partial charge on any atom is -0.442 e. The Morgan fingerprint density at radius 2 is 1.90 bits per heavy atom. The Balaban J connectivity index is 2.75. The van der Waals surface area contributed by atoms with E-state index in [-0.39, 0.29) is 11.3 Å². The Morgan fingerprint density at radius 3 is 2.43 bits per heavy atom. The molecule has 0 heterocycles. The highest BCUT2D eigenvalue weighted by molar-refractivity contribution is 5.90. The van der Waals surface area contributed by atoms with Gasteiger partial charge >= 0.3 is 12.1 Å². The van der Waals surface area contributed by atoms with E-state index in [0.717, 1.165) is 6.07 Å². The van der Waals surface area contributed by atoms with E-state index in [2.05, 4.69) is 0 Å². The molecule has 0 radical (unpaired) electrons. The second-order valence-corrected chi connectivity index (χ2v) is 5.16. The number of carbonyl (C=O) groups is 2. The molecule has 0 aliphatic rings. The molecule has 0 saturated carbocycles. The molecule has 21 heavy (non-hydrogen) atoms. The van der Waals surface area contributed by atoms with Gasteiger partial charge < -0.3 is 9.57 Å². The fraction of sp³-hybridized carbons (Fsp3) is 0.385. The third-order valence-corrected chi connectivity index (χ3v) is 2.16. The van der Waals surface area contributed by atoms with Gasteiger partial charge in [0.1, 0.15) is 5.60 Å². The fourth-order valence-corrected chi connectivity index (χ4v) is 1.29. The van der Waals surface area contributed by atoms with Crippen molar-refractivity contribution in [2.24, 2.45) is 0 Å². The number of nitrogens with zero attached hydrogens (tertiary/aromatic N) is 2. The number of non-ortho nitro benzene ring substituents is 1. The Kier molecular flexibility index (Phi) is 4.85. The molecule has 114 valence electrons. The molecule has 0 unspecified atom stereocenters. The summed E-state index contributed by atoms with van der Waals surface area (Å²) in [5.74, 6) is -0.896. The van der Waals surface area contributed by atoms with Crippen LogP contribution in [-0.2, 0) is 9.57 Å². The van der Waals surface area contributed by atoms with Gasteiger partial charge in [-0.1, -0.05) is 6.07 Å². The molecular formula is C13H16N2O6. The lowest BCUT2D eigenvalue weighted by atomic mass is 10.2. The van der Waals surface area contributed by atoms with Crippen LogP contribution in [0.4, 0.5) is 10.5 Å². The van der Waals surface area contributed by atoms with Gasteiger partial charge in [0, 0.05) is 12.1 Å². The zero-order chi connectivity index (χ0) is 16.2. The van der Waals surface area contributed by atoms with E-state index in [1.165, 1.54) is 25.2 Å². The molecule has 0 aliphatic heterocycles. The van der Waals surface area contributed by atoms with E-state index < -0.39 is 22.6 Å². The van der Waals surface area contributed by atoms with E-state index in [9.17, 15) is 19.7 Å². The molecule has 0 saturated heterocycles. The first kappa shape index (κ1) is 16.4. The molecule has 1 rings (SSSR count). The van der Waals surface area contributed by atoms with Crippen molar-refractivity contribution in [1.29, 1.82) is 0 Å². The van der Waals surface area contributed by atoms with Gasteiger partial charge in [-0.3, -0.25) is 10.1 Å². The average molecular weight is 296 g/mol. The van der Waals surface area contributed by atoms with E-state index in [0.29, 0.717) is 5.06 Å². The van der Waals surface area contributed by atoms with Gasteiger partial charge in [0.25, 0.3) is 5.69 Å². The molecule has 0 spiro atoms. The van der Waals surface area contributed by atoms with Crippen molar-refractivity contribution < 1.29 is 24.1 Å². The van der Waals surface area contributed by atoms with Crippen LogP contribution in [0.15, 0.2) is 24.3 Å². The van der Waals surface area contributed by atoms with Crippen LogP contribution in [0.3, 0.4) is 0 Å². The van der Waals surface area contributed by atoms with Gasteiger partial charge in [0.15, 0.2) is 0 Å². The SMILES string of the molecule is CN(OC(=O)c1cccc([N+](=O)[O-])c1)C(=O)OC(C)(C)C. The number of nitro groups is 1. The predicted octanol–water partition coefficient (Wildman–Crippen LogP) is 2.53. The number of benzene rings is 1. The topological polar surface area (TPSA) is 99.0 Å². The molecular weight excluding hydrogens is 280 g/mol. The van der Waals surface area contributed by atoms with Gasteiger partial charge in [-0.2, -0.15) is 0 Å². The Bertz CT molecular complexity index is 564. The normalized spacial score (nSPS) is 10.7. The number of carbonyl (C=O) groups excluding carboxylic acids is 2. The molecule has 0 fully saturated rings. The standard InChI is InChI=1S/C13H16N2O6/c1-13(2,3)20-12(17)14(4)21-11(16)9-6-5-7-10(8-9)15(18)19/h5-8H,1-4H3. The third-order valence-electron chi connectivity index (χ3n) is 2.16. The maximum Gasteiger partial charge on any atom is 0.443 e. The second-order valence-electron chi connectivity index (χ2n) is 5.16. The highest BCUT2D eigenvalue weighted by atomic mass is 16.8. The van der Waals surface area contributed by atoms with Crippen LogP contribution in [0, 0.1) is 10.1 Å². The number of ether oxygens (including phenoxy) is 1. The highest BCUT2D eigenvalue weighted by Crippen LogP contribution is 2.15. The first-order valence-electron chi connectivity index (χ1n) is 6.03. The fourth-order valence-electron chi connectivity index (χ4n) is 1.29. The van der Waals surface area contributed by atoms with Crippen LogP contribution in [-0.4, -0.2) is 34.7 Å². The molecule has 1 aromatic carbocycles. The van der Waals surface area contributed by atoms with Crippen molar-refractivity contribution in [3.8, 4) is 0 Å². The van der Waals surface area contributed by atoms with Crippen molar-refractivity contribution in [2.45, 2.75) is 26.4 Å². The largest absolute Gasteiger partial charge is 0.443 e. The Labute approximate surface area is 121 Å². The second kappa shape index (κ2) is 6.21. The number of hydrogen-bond donors (Lipinski definition) is 0. The van der Waals surface area contributed by atoms with Gasteiger partial charge in [-0.15, -0.1) is 5.06 Å². The zero-order valence-electron chi connectivity index (χ0n) is 12.2. The lowest BCUT2D eigenvalue weighted by Gasteiger charge is -2.23. The van der Waals surface area contributed by atoms with Gasteiger partial charge in [0.05, 0.1) is 17.5 Å². The van der Waals surface area contributed by atoms with Gasteiger partial charge in [-0.05, 0) is 26.8 Å². The summed E-state index contributed by atoms with van der Waals surface area (Å²) in [4.78, 5) is 38.2. The summed E-state index contributed by atoms with van der Waals surface area (Å²) in [5, 5.41) is 11.3. The Morgan fingerprint density at radius 1 is 1.29 bits per heavy atom. The van der Waals surface area contributed by atoms with Crippen LogP contribution in [0.1, 0.15) is 31.1 Å². The van der Waals surface area contributed by atoms with Crippen molar-refractivity contribution >= 4 is 17.7 Å². The minimum atomic E-state index is -0.896.